The number of aromatic nitrogens is 2. The van der Waals surface area contributed by atoms with E-state index in [1.165, 1.54) is 27.5 Å². The van der Waals surface area contributed by atoms with E-state index in [1.54, 1.807) is 40.1 Å². The van der Waals surface area contributed by atoms with Crippen molar-refractivity contribution in [2.24, 2.45) is 14.1 Å². The zero-order chi connectivity index (χ0) is 19.2. The number of hydrogen-bond donors (Lipinski definition) is 2. The predicted octanol–water partition coefficient (Wildman–Crippen LogP) is 1.89. The molecule has 3 aromatic rings. The van der Waals surface area contributed by atoms with Crippen molar-refractivity contribution in [1.29, 1.82) is 0 Å². The molecular formula is C19H20N2O5. The average molecular weight is 356 g/mol. The average Bonchev–Trinajstić information content (AvgIpc) is 3.10. The fraction of sp³-hybridized carbons (Fsp3) is 0.263. The van der Waals surface area contributed by atoms with Gasteiger partial charge in [-0.2, -0.15) is 0 Å². The molecule has 3 aromatic heterocycles. The van der Waals surface area contributed by atoms with Gasteiger partial charge in [0.2, 0.25) is 0 Å². The maximum absolute atomic E-state index is 12.9. The molecule has 3 rings (SSSR count). The second kappa shape index (κ2) is 6.25. The van der Waals surface area contributed by atoms with Gasteiger partial charge in [0, 0.05) is 25.5 Å². The molecule has 0 atom stereocenters. The van der Waals surface area contributed by atoms with Crippen LogP contribution in [-0.4, -0.2) is 19.3 Å². The first kappa shape index (κ1) is 17.6. The first-order valence-electron chi connectivity index (χ1n) is 8.06. The van der Waals surface area contributed by atoms with Crippen LogP contribution < -0.4 is 11.1 Å². The molecule has 0 spiro atoms. The Kier molecular flexibility index (Phi) is 4.23. The Morgan fingerprint density at radius 1 is 0.923 bits per heavy atom. The SMILES string of the molecule is Cc1cc(O)c(C(c2ccco2)c2c(O)cc(C)n(C)c2=O)c(=O)n1C. The molecule has 0 fully saturated rings. The summed E-state index contributed by atoms with van der Waals surface area (Å²) < 4.78 is 8.20. The van der Waals surface area contributed by atoms with Gasteiger partial charge >= 0.3 is 0 Å². The smallest absolute Gasteiger partial charge is 0.258 e. The normalized spacial score (nSPS) is 11.3. The molecule has 0 amide bonds. The lowest BCUT2D eigenvalue weighted by Gasteiger charge is -2.20. The van der Waals surface area contributed by atoms with Crippen LogP contribution >= 0.6 is 0 Å². The van der Waals surface area contributed by atoms with Crippen LogP contribution in [0.1, 0.15) is 34.2 Å². The van der Waals surface area contributed by atoms with E-state index >= 15 is 0 Å². The second-order valence-electron chi connectivity index (χ2n) is 6.35. The van der Waals surface area contributed by atoms with Crippen LogP contribution in [-0.2, 0) is 14.1 Å². The third kappa shape index (κ3) is 2.61. The predicted molar refractivity (Wildman–Crippen MR) is 95.8 cm³/mol. The first-order valence-corrected chi connectivity index (χ1v) is 8.06. The minimum atomic E-state index is -1.04. The van der Waals surface area contributed by atoms with Crippen molar-refractivity contribution < 1.29 is 14.6 Å². The summed E-state index contributed by atoms with van der Waals surface area (Å²) in [5.41, 5.74) is 0.149. The maximum Gasteiger partial charge on any atom is 0.258 e. The third-order valence-corrected chi connectivity index (χ3v) is 4.78. The molecule has 2 N–H and O–H groups in total. The molecule has 0 saturated carbocycles. The van der Waals surface area contributed by atoms with Crippen LogP contribution in [0, 0.1) is 13.8 Å². The highest BCUT2D eigenvalue weighted by Gasteiger charge is 2.32. The summed E-state index contributed by atoms with van der Waals surface area (Å²) in [5, 5.41) is 21.0. The van der Waals surface area contributed by atoms with Gasteiger partial charge in [-0.1, -0.05) is 0 Å². The summed E-state index contributed by atoms with van der Waals surface area (Å²) in [6.07, 6.45) is 1.41. The minimum Gasteiger partial charge on any atom is -0.507 e. The van der Waals surface area contributed by atoms with Crippen LogP contribution in [0.2, 0.25) is 0 Å². The van der Waals surface area contributed by atoms with Crippen LogP contribution in [0.15, 0.2) is 44.5 Å². The maximum atomic E-state index is 12.9. The Morgan fingerprint density at radius 2 is 1.38 bits per heavy atom. The molecule has 7 heteroatoms. The highest BCUT2D eigenvalue weighted by Crippen LogP contribution is 2.37. The van der Waals surface area contributed by atoms with E-state index in [0.717, 1.165) is 0 Å². The molecule has 0 unspecified atom stereocenters. The fourth-order valence-corrected chi connectivity index (χ4v) is 3.07. The van der Waals surface area contributed by atoms with Crippen LogP contribution in [0.25, 0.3) is 0 Å². The van der Waals surface area contributed by atoms with E-state index in [2.05, 4.69) is 0 Å². The Labute approximate surface area is 149 Å². The van der Waals surface area contributed by atoms with Gasteiger partial charge in [-0.15, -0.1) is 0 Å². The molecule has 136 valence electrons. The number of aryl methyl sites for hydroxylation is 2. The lowest BCUT2D eigenvalue weighted by atomic mass is 9.89. The molecule has 0 aliphatic rings. The van der Waals surface area contributed by atoms with Gasteiger partial charge in [-0.25, -0.2) is 0 Å². The summed E-state index contributed by atoms with van der Waals surface area (Å²) in [6.45, 7) is 3.38. The number of nitrogens with zero attached hydrogens (tertiary/aromatic N) is 2. The van der Waals surface area contributed by atoms with Gasteiger partial charge < -0.3 is 23.8 Å². The van der Waals surface area contributed by atoms with E-state index in [0.29, 0.717) is 11.4 Å². The molecule has 0 aliphatic heterocycles. The lowest BCUT2D eigenvalue weighted by molar-refractivity contribution is 0.435. The first-order chi connectivity index (χ1) is 12.2. The van der Waals surface area contributed by atoms with Crippen molar-refractivity contribution in [2.75, 3.05) is 0 Å². The van der Waals surface area contributed by atoms with Crippen molar-refractivity contribution in [3.05, 3.63) is 79.5 Å². The highest BCUT2D eigenvalue weighted by atomic mass is 16.3. The van der Waals surface area contributed by atoms with E-state index < -0.39 is 17.0 Å². The Morgan fingerprint density at radius 3 is 1.77 bits per heavy atom. The number of rotatable bonds is 3. The summed E-state index contributed by atoms with van der Waals surface area (Å²) in [5.74, 6) is -1.27. The molecule has 0 saturated heterocycles. The van der Waals surface area contributed by atoms with Crippen molar-refractivity contribution >= 4 is 0 Å². The Bertz CT molecular complexity index is 1020. The van der Waals surface area contributed by atoms with Gasteiger partial charge in [0.15, 0.2) is 0 Å². The summed E-state index contributed by atoms with van der Waals surface area (Å²) in [6, 6.07) is 6.11. The zero-order valence-electron chi connectivity index (χ0n) is 15.0. The van der Waals surface area contributed by atoms with E-state index in [9.17, 15) is 19.8 Å². The second-order valence-corrected chi connectivity index (χ2v) is 6.35. The van der Waals surface area contributed by atoms with Crippen molar-refractivity contribution in [3.8, 4) is 11.5 Å². The van der Waals surface area contributed by atoms with Gasteiger partial charge in [0.05, 0.1) is 23.3 Å². The largest absolute Gasteiger partial charge is 0.507 e. The van der Waals surface area contributed by atoms with E-state index in [-0.39, 0.29) is 28.4 Å². The number of aromatic hydroxyl groups is 2. The number of pyridine rings is 2. The van der Waals surface area contributed by atoms with Crippen LogP contribution in [0.5, 0.6) is 11.5 Å². The lowest BCUT2D eigenvalue weighted by Crippen LogP contribution is -2.30. The van der Waals surface area contributed by atoms with Crippen molar-refractivity contribution in [2.45, 2.75) is 19.8 Å². The Hall–Kier alpha value is -3.22. The zero-order valence-corrected chi connectivity index (χ0v) is 15.0. The molecule has 0 aromatic carbocycles. The molecule has 0 radical (unpaired) electrons. The number of hydrogen-bond acceptors (Lipinski definition) is 5. The van der Waals surface area contributed by atoms with Crippen LogP contribution in [0.4, 0.5) is 0 Å². The summed E-state index contributed by atoms with van der Waals surface area (Å²) >= 11 is 0. The standard InChI is InChI=1S/C19H20N2O5/c1-10-8-12(22)15(18(24)20(10)3)17(14-6-5-7-26-14)16-13(23)9-11(2)21(4)19(16)25/h5-9,17,22-23H,1-4H3. The highest BCUT2D eigenvalue weighted by molar-refractivity contribution is 5.50. The van der Waals surface area contributed by atoms with Crippen molar-refractivity contribution in [1.82, 2.24) is 9.13 Å². The summed E-state index contributed by atoms with van der Waals surface area (Å²) in [7, 11) is 3.15. The topological polar surface area (TPSA) is 97.6 Å². The minimum absolute atomic E-state index is 0.0238. The van der Waals surface area contributed by atoms with Gasteiger partial charge in [-0.05, 0) is 38.1 Å². The molecule has 0 aliphatic carbocycles. The fourth-order valence-electron chi connectivity index (χ4n) is 3.07. The molecule has 3 heterocycles. The van der Waals surface area contributed by atoms with Gasteiger partial charge in [0.1, 0.15) is 17.3 Å². The molecule has 7 nitrogen and oxygen atoms in total. The molecule has 0 bridgehead atoms. The van der Waals surface area contributed by atoms with Gasteiger partial charge in [0.25, 0.3) is 11.1 Å². The quantitative estimate of drug-likeness (QED) is 0.747. The molecular weight excluding hydrogens is 336 g/mol. The van der Waals surface area contributed by atoms with Gasteiger partial charge in [-0.3, -0.25) is 9.59 Å². The van der Waals surface area contributed by atoms with Crippen molar-refractivity contribution in [3.63, 3.8) is 0 Å². The third-order valence-electron chi connectivity index (χ3n) is 4.78. The monoisotopic (exact) mass is 356 g/mol. The molecule has 26 heavy (non-hydrogen) atoms. The number of furan rings is 1. The van der Waals surface area contributed by atoms with E-state index in [1.807, 2.05) is 0 Å². The van der Waals surface area contributed by atoms with E-state index in [4.69, 9.17) is 4.42 Å². The van der Waals surface area contributed by atoms with Crippen LogP contribution in [0.3, 0.4) is 0 Å². The summed E-state index contributed by atoms with van der Waals surface area (Å²) in [4.78, 5) is 25.7. The Balaban J connectivity index is 2.44.